The lowest BCUT2D eigenvalue weighted by molar-refractivity contribution is -0.156. The maximum absolute atomic E-state index is 15.0. The number of carbonyl (C=O) groups excluding carboxylic acids is 4. The van der Waals surface area contributed by atoms with Gasteiger partial charge in [-0.2, -0.15) is 8.42 Å². The SMILES string of the molecule is C=C[C@@H]1C[C@]1(CC(=O)[C@@H]1C[C@@H](Oc2cc(-c3csc(NC(C)C)n3)nc3c(Cl)c(OC)ccc23)CN1C(=O)[C@@H](CC(=O)OC1CCCC1)C(C)(C)C)C(=O)NS(=O)(=O)Oc1ccccc1. The summed E-state index contributed by atoms with van der Waals surface area (Å²) in [4.78, 5) is 68.2. The molecule has 0 spiro atoms. The molecule has 15 nitrogen and oxygen atoms in total. The number of hydrogen-bond acceptors (Lipinski definition) is 14. The molecule has 3 heterocycles. The Morgan fingerprint density at radius 1 is 1.03 bits per heavy atom. The number of benzene rings is 2. The van der Waals surface area contributed by atoms with Crippen molar-refractivity contribution in [2.24, 2.45) is 22.7 Å². The fourth-order valence-electron chi connectivity index (χ4n) is 8.74. The van der Waals surface area contributed by atoms with Crippen LogP contribution in [-0.4, -0.2) is 84.8 Å². The number of rotatable bonds is 18. The number of allylic oxidation sites excluding steroid dienone is 1. The molecule has 65 heavy (non-hydrogen) atoms. The van der Waals surface area contributed by atoms with Gasteiger partial charge in [-0.1, -0.05) is 56.6 Å². The molecule has 2 aromatic heterocycles. The zero-order valence-corrected chi connectivity index (χ0v) is 39.8. The van der Waals surface area contributed by atoms with Crippen molar-refractivity contribution in [2.45, 2.75) is 110 Å². The number of ketones is 1. The summed E-state index contributed by atoms with van der Waals surface area (Å²) >= 11 is 8.29. The average Bonchev–Trinajstić information content (AvgIpc) is 3.65. The van der Waals surface area contributed by atoms with Crippen molar-refractivity contribution in [2.75, 3.05) is 19.0 Å². The Morgan fingerprint density at radius 3 is 2.40 bits per heavy atom. The fourth-order valence-corrected chi connectivity index (χ4v) is 10.7. The van der Waals surface area contributed by atoms with Crippen LogP contribution in [0.3, 0.4) is 0 Å². The zero-order valence-electron chi connectivity index (χ0n) is 37.4. The van der Waals surface area contributed by atoms with Gasteiger partial charge in [0.25, 0.3) is 0 Å². The van der Waals surface area contributed by atoms with Crippen molar-refractivity contribution >= 4 is 72.8 Å². The molecule has 3 aliphatic rings. The number of hydrogen-bond donors (Lipinski definition) is 2. The number of pyridine rings is 1. The molecule has 0 bridgehead atoms. The van der Waals surface area contributed by atoms with E-state index in [9.17, 15) is 27.6 Å². The molecule has 1 saturated heterocycles. The lowest BCUT2D eigenvalue weighted by Gasteiger charge is -2.35. The van der Waals surface area contributed by atoms with E-state index in [2.05, 4.69) is 11.9 Å². The Hall–Kier alpha value is -5.26. The highest BCUT2D eigenvalue weighted by molar-refractivity contribution is 7.85. The number of fused-ring (bicyclic) bond motifs is 1. The van der Waals surface area contributed by atoms with Crippen LogP contribution in [0.25, 0.3) is 22.3 Å². The highest BCUT2D eigenvalue weighted by atomic mass is 35.5. The molecule has 1 aliphatic heterocycles. The van der Waals surface area contributed by atoms with E-state index in [0.717, 1.165) is 25.7 Å². The zero-order chi connectivity index (χ0) is 46.8. The number of likely N-dealkylation sites (tertiary alicyclic amines) is 1. The van der Waals surface area contributed by atoms with Crippen LogP contribution >= 0.6 is 22.9 Å². The van der Waals surface area contributed by atoms with Gasteiger partial charge in [0.1, 0.15) is 40.2 Å². The summed E-state index contributed by atoms with van der Waals surface area (Å²) in [5.41, 5.74) is -0.790. The van der Waals surface area contributed by atoms with Gasteiger partial charge in [0.2, 0.25) is 11.8 Å². The minimum absolute atomic E-state index is 0.00403. The number of halogens is 1. The first-order chi connectivity index (χ1) is 30.8. The summed E-state index contributed by atoms with van der Waals surface area (Å²) in [6.07, 6.45) is 3.56. The second-order valence-corrected chi connectivity index (χ2v) is 21.0. The third kappa shape index (κ3) is 10.9. The first-order valence-electron chi connectivity index (χ1n) is 21.8. The minimum Gasteiger partial charge on any atom is -0.495 e. The molecular weight excluding hydrogens is 894 g/mol. The molecule has 18 heteroatoms. The van der Waals surface area contributed by atoms with Crippen LogP contribution in [0, 0.1) is 22.7 Å². The van der Waals surface area contributed by atoms with Gasteiger partial charge in [-0.25, -0.2) is 14.7 Å². The summed E-state index contributed by atoms with van der Waals surface area (Å²) < 4.78 is 51.4. The van der Waals surface area contributed by atoms with Crippen LogP contribution in [0.4, 0.5) is 5.13 Å². The maximum atomic E-state index is 15.0. The summed E-state index contributed by atoms with van der Waals surface area (Å²) in [5, 5.41) is 6.67. The first-order valence-corrected chi connectivity index (χ1v) is 24.5. The lowest BCUT2D eigenvalue weighted by atomic mass is 9.77. The normalized spacial score (nSPS) is 21.5. The molecule has 7 rings (SSSR count). The number of Topliss-reactive ketones (excluding diaryl/α,β-unsaturated/α-hetero) is 1. The van der Waals surface area contributed by atoms with Crippen LogP contribution in [0.5, 0.6) is 17.2 Å². The Morgan fingerprint density at radius 2 is 1.75 bits per heavy atom. The monoisotopic (exact) mass is 949 g/mol. The van der Waals surface area contributed by atoms with E-state index in [1.807, 2.05) is 44.7 Å². The molecule has 4 aromatic rings. The highest BCUT2D eigenvalue weighted by Crippen LogP contribution is 2.57. The van der Waals surface area contributed by atoms with Crippen LogP contribution in [-0.2, 0) is 34.2 Å². The van der Waals surface area contributed by atoms with Gasteiger partial charge in [0.15, 0.2) is 10.9 Å². The third-order valence-electron chi connectivity index (χ3n) is 12.3. The van der Waals surface area contributed by atoms with Gasteiger partial charge in [0.05, 0.1) is 48.7 Å². The van der Waals surface area contributed by atoms with E-state index >= 15 is 0 Å². The van der Waals surface area contributed by atoms with E-state index in [0.29, 0.717) is 38.9 Å². The minimum atomic E-state index is -4.64. The number of aromatic nitrogens is 2. The van der Waals surface area contributed by atoms with Crippen molar-refractivity contribution < 1.29 is 46.0 Å². The molecular formula is C47H56ClN5O10S2. The molecule has 5 atom stereocenters. The van der Waals surface area contributed by atoms with Crippen LogP contribution in [0.15, 0.2) is 66.6 Å². The number of carbonyl (C=O) groups is 4. The van der Waals surface area contributed by atoms with Gasteiger partial charge in [-0.05, 0) is 81.5 Å². The quantitative estimate of drug-likeness (QED) is 0.0716. The Kier molecular flexibility index (Phi) is 14.2. The molecule has 2 saturated carbocycles. The summed E-state index contributed by atoms with van der Waals surface area (Å²) in [6, 6.07) is 11.9. The molecule has 2 aromatic carbocycles. The average molecular weight is 951 g/mol. The molecule has 348 valence electrons. The topological polar surface area (TPSA) is 192 Å². The molecule has 0 radical (unpaired) electrons. The maximum Gasteiger partial charge on any atom is 0.409 e. The van der Waals surface area contributed by atoms with Gasteiger partial charge < -0.3 is 28.6 Å². The van der Waals surface area contributed by atoms with Crippen molar-refractivity contribution in [3.05, 3.63) is 71.6 Å². The predicted molar refractivity (Wildman–Crippen MR) is 248 cm³/mol. The summed E-state index contributed by atoms with van der Waals surface area (Å²) in [5.74, 6) is -2.99. The van der Waals surface area contributed by atoms with Crippen molar-refractivity contribution in [1.29, 1.82) is 0 Å². The van der Waals surface area contributed by atoms with E-state index in [1.165, 1.54) is 41.6 Å². The van der Waals surface area contributed by atoms with Gasteiger partial charge >= 0.3 is 16.3 Å². The number of thiazole rings is 1. The van der Waals surface area contributed by atoms with Crippen molar-refractivity contribution in [1.82, 2.24) is 19.6 Å². The standard InChI is InChI=1S/C47H56ClN5O10S2/c1-8-28-23-47(28,44(57)52-65(58,59)63-30-16-10-9-11-17-30)24-37(54)36-20-31(25-53(36)43(56)33(46(4,5)6)21-40(55)62-29-14-12-13-15-29)61-39-22-34(35-26-64-45(51-35)49-27(2)3)50-42-32(39)18-19-38(60-7)41(42)48/h8-11,16-19,22,26-29,31,33,36H,1,12-15,20-21,23-25H2,2-7H3,(H,49,51)(H,52,57)/t28-,31-,33-,36+,47-/m1/s1. The molecule has 0 unspecified atom stereocenters. The second-order valence-electron chi connectivity index (χ2n) is 18.4. The Labute approximate surface area is 388 Å². The van der Waals surface area contributed by atoms with Crippen LogP contribution in [0.1, 0.15) is 86.0 Å². The van der Waals surface area contributed by atoms with Crippen LogP contribution < -0.4 is 23.7 Å². The Bertz CT molecular complexity index is 2560. The number of methoxy groups -OCH3 is 1. The van der Waals surface area contributed by atoms with Gasteiger partial charge in [0, 0.05) is 35.7 Å². The molecule has 2 N–H and O–H groups in total. The second kappa shape index (κ2) is 19.3. The van der Waals surface area contributed by atoms with E-state index < -0.39 is 75.1 Å². The predicted octanol–water partition coefficient (Wildman–Crippen LogP) is 8.32. The van der Waals surface area contributed by atoms with Gasteiger partial charge in [-0.3, -0.25) is 19.2 Å². The number of amides is 2. The number of nitrogens with zero attached hydrogens (tertiary/aromatic N) is 3. The molecule has 2 aliphatic carbocycles. The largest absolute Gasteiger partial charge is 0.495 e. The van der Waals surface area contributed by atoms with Crippen molar-refractivity contribution in [3.8, 4) is 28.6 Å². The fraction of sp³-hybridized carbons (Fsp3) is 0.489. The first kappa shape index (κ1) is 47.7. The molecule has 2 amide bonds. The summed E-state index contributed by atoms with van der Waals surface area (Å²) in [7, 11) is -3.13. The van der Waals surface area contributed by atoms with Crippen molar-refractivity contribution in [3.63, 3.8) is 0 Å². The van der Waals surface area contributed by atoms with Gasteiger partial charge in [-0.15, -0.1) is 17.9 Å². The highest BCUT2D eigenvalue weighted by Gasteiger charge is 2.61. The van der Waals surface area contributed by atoms with E-state index in [1.54, 1.807) is 36.4 Å². The number of nitrogens with one attached hydrogen (secondary N) is 2. The number of anilines is 1. The smallest absolute Gasteiger partial charge is 0.409 e. The van der Waals surface area contributed by atoms with E-state index in [4.69, 9.17) is 40.0 Å². The lowest BCUT2D eigenvalue weighted by Crippen LogP contribution is -2.48. The number of para-hydroxylation sites is 1. The number of esters is 1. The van der Waals surface area contributed by atoms with E-state index in [-0.39, 0.29) is 48.7 Å². The molecule has 3 fully saturated rings. The number of ether oxygens (including phenoxy) is 3. The summed E-state index contributed by atoms with van der Waals surface area (Å²) in [6.45, 7) is 13.4. The Balaban J connectivity index is 1.21. The third-order valence-corrected chi connectivity index (χ3v) is 14.3. The van der Waals surface area contributed by atoms with Crippen LogP contribution in [0.2, 0.25) is 5.02 Å².